The molecule has 122 valence electrons. The summed E-state index contributed by atoms with van der Waals surface area (Å²) in [5.41, 5.74) is 6.38. The van der Waals surface area contributed by atoms with Crippen molar-refractivity contribution in [2.24, 2.45) is 11.7 Å². The highest BCUT2D eigenvalue weighted by atomic mass is 16.5. The van der Waals surface area contributed by atoms with Gasteiger partial charge in [0.1, 0.15) is 0 Å². The molecule has 21 heavy (non-hydrogen) atoms. The first kappa shape index (κ1) is 15.7. The summed E-state index contributed by atoms with van der Waals surface area (Å²) in [5, 5.41) is 0. The maximum atomic E-state index is 6.12. The summed E-state index contributed by atoms with van der Waals surface area (Å²) in [6, 6.07) is 0. The van der Waals surface area contributed by atoms with E-state index in [1.807, 2.05) is 0 Å². The van der Waals surface area contributed by atoms with Crippen LogP contribution in [0.15, 0.2) is 0 Å². The highest BCUT2D eigenvalue weighted by Crippen LogP contribution is 2.41. The monoisotopic (exact) mass is 295 g/mol. The molecule has 4 nitrogen and oxygen atoms in total. The normalized spacial score (nSPS) is 36.0. The predicted octanol–water partition coefficient (Wildman–Crippen LogP) is 1.69. The van der Waals surface area contributed by atoms with Crippen LogP contribution in [0.2, 0.25) is 0 Å². The summed E-state index contributed by atoms with van der Waals surface area (Å²) < 4.78 is 5.75. The predicted molar refractivity (Wildman–Crippen MR) is 86.4 cm³/mol. The molecule has 0 aromatic carbocycles. The van der Waals surface area contributed by atoms with Crippen LogP contribution in [0.25, 0.3) is 0 Å². The molecule has 3 aliphatic rings. The zero-order valence-corrected chi connectivity index (χ0v) is 13.7. The van der Waals surface area contributed by atoms with E-state index in [0.29, 0.717) is 6.10 Å². The molecule has 0 atom stereocenters. The van der Waals surface area contributed by atoms with Gasteiger partial charge in [-0.15, -0.1) is 0 Å². The topological polar surface area (TPSA) is 41.7 Å². The van der Waals surface area contributed by atoms with Gasteiger partial charge in [0.2, 0.25) is 0 Å². The molecule has 1 saturated carbocycles. The molecule has 4 heteroatoms. The smallest absolute Gasteiger partial charge is 0.0611 e. The minimum Gasteiger partial charge on any atom is -0.378 e. The van der Waals surface area contributed by atoms with Crippen molar-refractivity contribution < 1.29 is 4.74 Å². The van der Waals surface area contributed by atoms with Crippen molar-refractivity contribution in [1.82, 2.24) is 9.80 Å². The second-order valence-corrected chi connectivity index (χ2v) is 7.35. The van der Waals surface area contributed by atoms with Crippen LogP contribution in [0, 0.1) is 5.92 Å². The maximum absolute atomic E-state index is 6.12. The summed E-state index contributed by atoms with van der Waals surface area (Å²) in [6.45, 7) is 10.2. The maximum Gasteiger partial charge on any atom is 0.0611 e. The molecule has 0 radical (unpaired) electrons. The molecule has 2 heterocycles. The third-order valence-corrected chi connectivity index (χ3v) is 6.00. The van der Waals surface area contributed by atoms with E-state index in [1.165, 1.54) is 58.4 Å². The Morgan fingerprint density at radius 3 is 2.33 bits per heavy atom. The number of rotatable bonds is 6. The first-order valence-electron chi connectivity index (χ1n) is 9.05. The molecule has 3 fully saturated rings. The number of nitrogens with two attached hydrogens (primary N) is 1. The number of likely N-dealkylation sites (tertiary alicyclic amines) is 2. The van der Waals surface area contributed by atoms with Crippen LogP contribution < -0.4 is 5.73 Å². The van der Waals surface area contributed by atoms with E-state index < -0.39 is 0 Å². The molecule has 2 aliphatic heterocycles. The van der Waals surface area contributed by atoms with E-state index in [9.17, 15) is 0 Å². The third-order valence-electron chi connectivity index (χ3n) is 6.00. The highest BCUT2D eigenvalue weighted by molar-refractivity contribution is 5.05. The van der Waals surface area contributed by atoms with Crippen molar-refractivity contribution >= 4 is 0 Å². The molecule has 0 aromatic heterocycles. The summed E-state index contributed by atoms with van der Waals surface area (Å²) in [5.74, 6) is 0.914. The van der Waals surface area contributed by atoms with Gasteiger partial charge in [0, 0.05) is 25.2 Å². The Hall–Kier alpha value is -0.160. The third kappa shape index (κ3) is 3.44. The Bertz CT molecular complexity index is 316. The van der Waals surface area contributed by atoms with Gasteiger partial charge < -0.3 is 15.4 Å². The highest BCUT2D eigenvalue weighted by Gasteiger charge is 2.48. The average Bonchev–Trinajstić information content (AvgIpc) is 2.96. The van der Waals surface area contributed by atoms with E-state index in [-0.39, 0.29) is 5.54 Å². The lowest BCUT2D eigenvalue weighted by Crippen LogP contribution is -2.65. The van der Waals surface area contributed by atoms with Gasteiger partial charge in [0.25, 0.3) is 0 Å². The summed E-state index contributed by atoms with van der Waals surface area (Å²) in [7, 11) is 0. The zero-order chi connectivity index (χ0) is 14.7. The molecule has 2 saturated heterocycles. The molecule has 0 bridgehead atoms. The van der Waals surface area contributed by atoms with Gasteiger partial charge in [-0.05, 0) is 77.5 Å². The Kier molecular flexibility index (Phi) is 5.20. The zero-order valence-electron chi connectivity index (χ0n) is 13.7. The quantitative estimate of drug-likeness (QED) is 0.810. The van der Waals surface area contributed by atoms with Gasteiger partial charge in [-0.2, -0.15) is 0 Å². The van der Waals surface area contributed by atoms with Crippen molar-refractivity contribution in [1.29, 1.82) is 0 Å². The lowest BCUT2D eigenvalue weighted by atomic mass is 9.71. The van der Waals surface area contributed by atoms with Gasteiger partial charge in [-0.25, -0.2) is 0 Å². The van der Waals surface area contributed by atoms with Crippen LogP contribution in [-0.2, 0) is 4.74 Å². The Balaban J connectivity index is 1.44. The van der Waals surface area contributed by atoms with E-state index >= 15 is 0 Å². The first-order valence-corrected chi connectivity index (χ1v) is 9.05. The standard InChI is InChI=1S/C17H33N3O/c1-2-21-16-11-17(12-16,14-18)20-9-5-15(6-10-20)13-19-7-3-4-8-19/h15-16H,2-14,18H2,1H3. The van der Waals surface area contributed by atoms with E-state index in [4.69, 9.17) is 10.5 Å². The summed E-state index contributed by atoms with van der Waals surface area (Å²) in [6.07, 6.45) is 8.29. The van der Waals surface area contributed by atoms with Gasteiger partial charge in [-0.1, -0.05) is 0 Å². The number of piperidine rings is 1. The molecule has 0 amide bonds. The van der Waals surface area contributed by atoms with Crippen LogP contribution in [0.4, 0.5) is 0 Å². The van der Waals surface area contributed by atoms with Crippen LogP contribution in [0.3, 0.4) is 0 Å². The molecule has 1 aliphatic carbocycles. The second-order valence-electron chi connectivity index (χ2n) is 7.35. The number of nitrogens with zero attached hydrogens (tertiary/aromatic N) is 2. The second kappa shape index (κ2) is 6.95. The lowest BCUT2D eigenvalue weighted by molar-refractivity contribution is -0.108. The summed E-state index contributed by atoms with van der Waals surface area (Å²) in [4.78, 5) is 5.36. The Morgan fingerprint density at radius 2 is 1.76 bits per heavy atom. The molecule has 2 N–H and O–H groups in total. The fourth-order valence-corrected chi connectivity index (χ4v) is 4.62. The Morgan fingerprint density at radius 1 is 1.10 bits per heavy atom. The van der Waals surface area contributed by atoms with Crippen molar-refractivity contribution in [3.05, 3.63) is 0 Å². The van der Waals surface area contributed by atoms with E-state index in [1.54, 1.807) is 0 Å². The summed E-state index contributed by atoms with van der Waals surface area (Å²) >= 11 is 0. The minimum atomic E-state index is 0.262. The Labute approximate surface area is 130 Å². The molecule has 0 spiro atoms. The molecular weight excluding hydrogens is 262 g/mol. The largest absolute Gasteiger partial charge is 0.378 e. The van der Waals surface area contributed by atoms with Gasteiger partial charge in [0.15, 0.2) is 0 Å². The van der Waals surface area contributed by atoms with Crippen molar-refractivity contribution in [3.8, 4) is 0 Å². The minimum absolute atomic E-state index is 0.262. The van der Waals surface area contributed by atoms with Crippen molar-refractivity contribution in [2.75, 3.05) is 45.9 Å². The number of hydrogen-bond acceptors (Lipinski definition) is 4. The fourth-order valence-electron chi connectivity index (χ4n) is 4.62. The van der Waals surface area contributed by atoms with Gasteiger partial charge >= 0.3 is 0 Å². The number of ether oxygens (including phenoxy) is 1. The van der Waals surface area contributed by atoms with Gasteiger partial charge in [-0.3, -0.25) is 4.90 Å². The first-order chi connectivity index (χ1) is 10.3. The molecule has 3 rings (SSSR count). The van der Waals surface area contributed by atoms with Crippen molar-refractivity contribution in [2.45, 2.75) is 57.1 Å². The lowest BCUT2D eigenvalue weighted by Gasteiger charge is -2.55. The SMILES string of the molecule is CCOC1CC(CN)(N2CCC(CN3CCCC3)CC2)C1. The van der Waals surface area contributed by atoms with Crippen LogP contribution in [0.1, 0.15) is 45.4 Å². The molecule has 0 unspecified atom stereocenters. The van der Waals surface area contributed by atoms with Crippen molar-refractivity contribution in [3.63, 3.8) is 0 Å². The average molecular weight is 295 g/mol. The molecular formula is C17H33N3O. The van der Waals surface area contributed by atoms with Crippen LogP contribution in [-0.4, -0.2) is 67.3 Å². The van der Waals surface area contributed by atoms with Crippen LogP contribution in [0.5, 0.6) is 0 Å². The van der Waals surface area contributed by atoms with Crippen LogP contribution >= 0.6 is 0 Å². The fraction of sp³-hybridized carbons (Fsp3) is 1.00. The number of hydrogen-bond donors (Lipinski definition) is 1. The molecule has 0 aromatic rings. The van der Waals surface area contributed by atoms with Gasteiger partial charge in [0.05, 0.1) is 6.10 Å². The van der Waals surface area contributed by atoms with E-state index in [0.717, 1.165) is 31.9 Å². The van der Waals surface area contributed by atoms with E-state index in [2.05, 4.69) is 16.7 Å².